The van der Waals surface area contributed by atoms with Gasteiger partial charge in [-0.1, -0.05) is 85.2 Å². The first-order valence-electron chi connectivity index (χ1n) is 18.7. The lowest BCUT2D eigenvalue weighted by molar-refractivity contribution is -0.140. The van der Waals surface area contributed by atoms with Gasteiger partial charge < -0.3 is 41.9 Å². The molecule has 1 aromatic carbocycles. The minimum atomic E-state index is -1.35. The third kappa shape index (κ3) is 18.5. The third-order valence-electron chi connectivity index (χ3n) is 8.64. The van der Waals surface area contributed by atoms with Gasteiger partial charge in [0.15, 0.2) is 0 Å². The van der Waals surface area contributed by atoms with E-state index in [-0.39, 0.29) is 42.4 Å². The monoisotopic (exact) mass is 747 g/mol. The molecule has 300 valence electrons. The molecule has 7 atom stereocenters. The van der Waals surface area contributed by atoms with Crippen LogP contribution in [0, 0.1) is 30.6 Å². The summed E-state index contributed by atoms with van der Waals surface area (Å²) in [6.45, 7) is 18.2. The van der Waals surface area contributed by atoms with Crippen molar-refractivity contribution in [3.05, 3.63) is 35.4 Å². The van der Waals surface area contributed by atoms with Gasteiger partial charge in [0.2, 0.25) is 29.5 Å². The van der Waals surface area contributed by atoms with Gasteiger partial charge in [-0.3, -0.25) is 28.8 Å². The zero-order valence-electron chi connectivity index (χ0n) is 33.2. The number of carbonyl (C=O) groups is 6. The first-order chi connectivity index (χ1) is 24.6. The Bertz CT molecular complexity index is 1350. The molecule has 0 fully saturated rings. The number of carbonyl (C=O) groups excluding carboxylic acids is 5. The van der Waals surface area contributed by atoms with Gasteiger partial charge in [0.25, 0.3) is 0 Å². The number of amides is 5. The number of aliphatic hydroxyl groups is 2. The van der Waals surface area contributed by atoms with Crippen LogP contribution in [0.1, 0.15) is 106 Å². The summed E-state index contributed by atoms with van der Waals surface area (Å²) in [5.74, 6) is -4.16. The molecular weight excluding hydrogens is 682 g/mol. The second-order valence-corrected chi connectivity index (χ2v) is 15.9. The summed E-state index contributed by atoms with van der Waals surface area (Å²) in [5.41, 5.74) is 1.88. The van der Waals surface area contributed by atoms with Crippen LogP contribution < -0.4 is 26.6 Å². The van der Waals surface area contributed by atoms with Crippen LogP contribution in [0.15, 0.2) is 24.3 Å². The molecule has 0 radical (unpaired) electrons. The molecule has 53 heavy (non-hydrogen) atoms. The molecule has 1 aromatic rings. The van der Waals surface area contributed by atoms with Gasteiger partial charge in [-0.05, 0) is 55.9 Å². The fraction of sp³-hybridized carbons (Fsp3) is 0.692. The van der Waals surface area contributed by atoms with Gasteiger partial charge >= 0.3 is 5.97 Å². The lowest BCUT2D eigenvalue weighted by Crippen LogP contribution is -2.58. The predicted octanol–water partition coefficient (Wildman–Crippen LogP) is 2.36. The summed E-state index contributed by atoms with van der Waals surface area (Å²) in [5, 5.41) is 44.2. The van der Waals surface area contributed by atoms with Crippen LogP contribution in [-0.4, -0.2) is 93.2 Å². The molecule has 0 aliphatic carbocycles. The molecule has 0 bridgehead atoms. The smallest absolute Gasteiger partial charge is 0.306 e. The Balaban J connectivity index is 3.06. The molecule has 0 spiro atoms. The number of carboxylic acid groups (broad SMARTS) is 1. The predicted molar refractivity (Wildman–Crippen MR) is 202 cm³/mol. The van der Waals surface area contributed by atoms with Crippen LogP contribution in [0.2, 0.25) is 0 Å². The second kappa shape index (κ2) is 22.9. The molecule has 0 saturated heterocycles. The van der Waals surface area contributed by atoms with Crippen LogP contribution in [0.4, 0.5) is 0 Å². The summed E-state index contributed by atoms with van der Waals surface area (Å²) in [4.78, 5) is 77.2. The Morgan fingerprint density at radius 1 is 0.585 bits per heavy atom. The molecule has 5 amide bonds. The van der Waals surface area contributed by atoms with Crippen molar-refractivity contribution in [3.8, 4) is 0 Å². The standard InChI is InChI=1S/C39H65N5O9/c1-21(2)15-28(31(45)19-34(48)40-26(10)37(51)42-29(16-22(3)4)32(46)20-35(49)50)43-39(53)36(24(7)8)44-38(52)30(41-33(47)17-23(5)6)18-27-13-11-25(9)12-14-27/h11-14,21-24,26,28-32,36,45-46H,15-20H2,1-10H3,(H,40,48)(H,41,47)(H,42,51)(H,43,53)(H,44,52)(H,49,50)/t26-,28-,29-,30-,31-,32-,36-/m0/s1. The summed E-state index contributed by atoms with van der Waals surface area (Å²) >= 11 is 0. The highest BCUT2D eigenvalue weighted by atomic mass is 16.4. The summed E-state index contributed by atoms with van der Waals surface area (Å²) in [7, 11) is 0. The summed E-state index contributed by atoms with van der Waals surface area (Å²) in [6, 6.07) is 2.82. The van der Waals surface area contributed by atoms with E-state index in [9.17, 15) is 39.0 Å². The van der Waals surface area contributed by atoms with Crippen molar-refractivity contribution < 1.29 is 44.1 Å². The van der Waals surface area contributed by atoms with Crippen molar-refractivity contribution in [2.24, 2.45) is 23.7 Å². The van der Waals surface area contributed by atoms with E-state index < -0.39 is 84.9 Å². The van der Waals surface area contributed by atoms with Crippen LogP contribution in [0.25, 0.3) is 0 Å². The van der Waals surface area contributed by atoms with Crippen molar-refractivity contribution in [2.45, 2.75) is 150 Å². The second-order valence-electron chi connectivity index (χ2n) is 15.9. The van der Waals surface area contributed by atoms with Crippen LogP contribution in [-0.2, 0) is 35.2 Å². The summed E-state index contributed by atoms with van der Waals surface area (Å²) < 4.78 is 0. The van der Waals surface area contributed by atoms with E-state index in [0.717, 1.165) is 11.1 Å². The van der Waals surface area contributed by atoms with Crippen LogP contribution in [0.5, 0.6) is 0 Å². The number of hydrogen-bond donors (Lipinski definition) is 8. The molecule has 0 unspecified atom stereocenters. The maximum atomic E-state index is 13.7. The molecule has 8 N–H and O–H groups in total. The first kappa shape index (κ1) is 47.0. The van der Waals surface area contributed by atoms with E-state index in [1.165, 1.54) is 6.92 Å². The fourth-order valence-corrected chi connectivity index (χ4v) is 5.82. The van der Waals surface area contributed by atoms with Crippen LogP contribution in [0.3, 0.4) is 0 Å². The minimum Gasteiger partial charge on any atom is -0.481 e. The van der Waals surface area contributed by atoms with Gasteiger partial charge in [-0.2, -0.15) is 0 Å². The number of carboxylic acids is 1. The molecule has 14 heteroatoms. The summed E-state index contributed by atoms with van der Waals surface area (Å²) in [6.07, 6.45) is -2.63. The van der Waals surface area contributed by atoms with Gasteiger partial charge in [-0.25, -0.2) is 0 Å². The highest BCUT2D eigenvalue weighted by Crippen LogP contribution is 2.15. The Morgan fingerprint density at radius 3 is 1.55 bits per heavy atom. The molecule has 1 rings (SSSR count). The number of nitrogens with one attached hydrogen (secondary N) is 5. The number of benzene rings is 1. The number of aliphatic carboxylic acids is 1. The molecule has 0 aliphatic heterocycles. The van der Waals surface area contributed by atoms with Crippen molar-refractivity contribution >= 4 is 35.5 Å². The Hall–Kier alpha value is -4.04. The van der Waals surface area contributed by atoms with Crippen molar-refractivity contribution in [2.75, 3.05) is 0 Å². The van der Waals surface area contributed by atoms with Crippen LogP contribution >= 0.6 is 0 Å². The van der Waals surface area contributed by atoms with Gasteiger partial charge in [-0.15, -0.1) is 0 Å². The lowest BCUT2D eigenvalue weighted by Gasteiger charge is -2.30. The van der Waals surface area contributed by atoms with Gasteiger partial charge in [0.05, 0.1) is 37.1 Å². The van der Waals surface area contributed by atoms with E-state index in [0.29, 0.717) is 12.8 Å². The Morgan fingerprint density at radius 2 is 1.08 bits per heavy atom. The fourth-order valence-electron chi connectivity index (χ4n) is 5.82. The Kier molecular flexibility index (Phi) is 20.3. The maximum Gasteiger partial charge on any atom is 0.306 e. The number of rotatable bonds is 23. The average Bonchev–Trinajstić information content (AvgIpc) is 3.01. The molecule has 0 saturated carbocycles. The molecule has 0 heterocycles. The van der Waals surface area contributed by atoms with E-state index >= 15 is 0 Å². The largest absolute Gasteiger partial charge is 0.481 e. The first-order valence-corrected chi connectivity index (χ1v) is 18.7. The lowest BCUT2D eigenvalue weighted by atomic mass is 9.95. The average molecular weight is 748 g/mol. The zero-order valence-corrected chi connectivity index (χ0v) is 33.2. The van der Waals surface area contributed by atoms with Crippen molar-refractivity contribution in [3.63, 3.8) is 0 Å². The molecule has 0 aromatic heterocycles. The topological polar surface area (TPSA) is 223 Å². The SMILES string of the molecule is Cc1ccc(C[C@H](NC(=O)CC(C)C)C(=O)N[C@H](C(=O)N[C@@H](CC(C)C)[C@@H](O)CC(=O)N[C@@H](C)C(=O)N[C@@H](CC(C)C)[C@@H](O)CC(=O)O)C(C)C)cc1. The van der Waals surface area contributed by atoms with E-state index in [1.54, 1.807) is 13.8 Å². The maximum absolute atomic E-state index is 13.7. The van der Waals surface area contributed by atoms with Gasteiger partial charge in [0.1, 0.15) is 18.1 Å². The van der Waals surface area contributed by atoms with E-state index in [2.05, 4.69) is 26.6 Å². The number of aryl methyl sites for hydroxylation is 1. The third-order valence-corrected chi connectivity index (χ3v) is 8.64. The Labute approximate surface area is 315 Å². The van der Waals surface area contributed by atoms with E-state index in [4.69, 9.17) is 5.11 Å². The molecule has 0 aliphatic rings. The highest BCUT2D eigenvalue weighted by molar-refractivity contribution is 5.92. The van der Waals surface area contributed by atoms with Gasteiger partial charge in [0, 0.05) is 12.8 Å². The molecule has 14 nitrogen and oxygen atoms in total. The van der Waals surface area contributed by atoms with Crippen molar-refractivity contribution in [1.82, 2.24) is 26.6 Å². The van der Waals surface area contributed by atoms with Crippen molar-refractivity contribution in [1.29, 1.82) is 0 Å². The number of hydrogen-bond acceptors (Lipinski definition) is 8. The minimum absolute atomic E-state index is 0.0000152. The molecular formula is C39H65N5O9. The van der Waals surface area contributed by atoms with E-state index in [1.807, 2.05) is 72.7 Å². The number of aliphatic hydroxyl groups excluding tert-OH is 2. The normalized spacial score (nSPS) is 15.5. The quantitative estimate of drug-likeness (QED) is 0.0822. The highest BCUT2D eigenvalue weighted by Gasteiger charge is 2.33. The zero-order chi connectivity index (χ0) is 40.6.